The number of ether oxygens (including phenoxy) is 2. The van der Waals surface area contributed by atoms with Gasteiger partial charge in [-0.1, -0.05) is 19.4 Å². The van der Waals surface area contributed by atoms with Crippen molar-refractivity contribution >= 4 is 23.5 Å². The number of H-pyrrole nitrogens is 1. The first-order valence-corrected chi connectivity index (χ1v) is 9.78. The Labute approximate surface area is 155 Å². The predicted molar refractivity (Wildman–Crippen MR) is 100 cm³/mol. The Morgan fingerprint density at radius 2 is 2.12 bits per heavy atom. The number of thioether (sulfide) groups is 1. The van der Waals surface area contributed by atoms with E-state index < -0.39 is 0 Å². The summed E-state index contributed by atoms with van der Waals surface area (Å²) >= 11 is 1.44. The number of carbonyl (C=O) groups is 1. The van der Waals surface area contributed by atoms with Crippen molar-refractivity contribution in [2.45, 2.75) is 38.0 Å². The molecule has 4 rings (SSSR count). The summed E-state index contributed by atoms with van der Waals surface area (Å²) in [6.07, 6.45) is 1.90. The van der Waals surface area contributed by atoms with Crippen LogP contribution in [0, 0.1) is 0 Å². The number of carbonyl (C=O) groups excluding carboxylic acids is 1. The van der Waals surface area contributed by atoms with E-state index in [-0.39, 0.29) is 35.3 Å². The Bertz CT molecular complexity index is 904. The molecule has 3 heterocycles. The minimum absolute atomic E-state index is 0.0947. The number of amides is 1. The first-order chi connectivity index (χ1) is 12.6. The Hall–Kier alpha value is -2.35. The summed E-state index contributed by atoms with van der Waals surface area (Å²) in [5.41, 5.74) is 1.34. The van der Waals surface area contributed by atoms with E-state index in [0.29, 0.717) is 22.9 Å². The molecule has 2 aliphatic heterocycles. The van der Waals surface area contributed by atoms with Gasteiger partial charge >= 0.3 is 0 Å². The number of anilines is 1. The van der Waals surface area contributed by atoms with Gasteiger partial charge in [-0.2, -0.15) is 0 Å². The maximum absolute atomic E-state index is 12.8. The molecule has 0 unspecified atom stereocenters. The lowest BCUT2D eigenvalue weighted by molar-refractivity contribution is -0.113. The second-order valence-corrected chi connectivity index (χ2v) is 7.66. The van der Waals surface area contributed by atoms with Crippen LogP contribution in [-0.4, -0.2) is 28.2 Å². The molecule has 7 nitrogen and oxygen atoms in total. The van der Waals surface area contributed by atoms with Gasteiger partial charge in [0.1, 0.15) is 5.82 Å². The molecule has 0 spiro atoms. The van der Waals surface area contributed by atoms with E-state index in [4.69, 9.17) is 9.47 Å². The van der Waals surface area contributed by atoms with Crippen LogP contribution in [-0.2, 0) is 4.79 Å². The van der Waals surface area contributed by atoms with Crippen molar-refractivity contribution in [1.82, 2.24) is 9.78 Å². The fourth-order valence-electron chi connectivity index (χ4n) is 3.46. The van der Waals surface area contributed by atoms with Crippen molar-refractivity contribution in [3.8, 4) is 11.5 Å². The predicted octanol–water partition coefficient (Wildman–Crippen LogP) is 3.04. The van der Waals surface area contributed by atoms with Crippen LogP contribution in [0.2, 0.25) is 0 Å². The molecule has 2 N–H and O–H groups in total. The minimum atomic E-state index is -0.253. The van der Waals surface area contributed by atoms with E-state index in [1.807, 2.05) is 25.1 Å². The molecule has 1 aromatic carbocycles. The molecule has 138 valence electrons. The van der Waals surface area contributed by atoms with Crippen molar-refractivity contribution in [2.24, 2.45) is 0 Å². The quantitative estimate of drug-likeness (QED) is 0.858. The monoisotopic (exact) mass is 375 g/mol. The third-order valence-electron chi connectivity index (χ3n) is 4.71. The standard InChI is InChI=1S/C18H21N3O4S/c1-3-4-10(2)21-17-15(18(23)20-21)16(26-8-14(22)19-17)11-5-6-12-13(7-11)25-9-24-12/h5-7,10,16H,3-4,8-9H2,1-2H3,(H,19,22)(H,20,23)/t10-,16+/m1/s1. The van der Waals surface area contributed by atoms with Crippen LogP contribution < -0.4 is 20.3 Å². The highest BCUT2D eigenvalue weighted by Crippen LogP contribution is 2.43. The third kappa shape index (κ3) is 2.88. The van der Waals surface area contributed by atoms with E-state index in [1.165, 1.54) is 11.8 Å². The van der Waals surface area contributed by atoms with Gasteiger partial charge in [-0.3, -0.25) is 19.4 Å². The average molecular weight is 375 g/mol. The Morgan fingerprint density at radius 3 is 2.92 bits per heavy atom. The van der Waals surface area contributed by atoms with E-state index in [2.05, 4.69) is 17.3 Å². The molecule has 8 heteroatoms. The third-order valence-corrected chi connectivity index (χ3v) is 5.98. The molecule has 0 aliphatic carbocycles. The molecule has 2 aliphatic rings. The number of rotatable bonds is 4. The smallest absolute Gasteiger partial charge is 0.270 e. The van der Waals surface area contributed by atoms with Gasteiger partial charge in [0.05, 0.1) is 16.6 Å². The number of benzene rings is 1. The molecule has 1 aromatic heterocycles. The summed E-state index contributed by atoms with van der Waals surface area (Å²) in [5, 5.41) is 5.58. The second kappa shape index (κ2) is 6.75. The number of aromatic nitrogens is 2. The summed E-state index contributed by atoms with van der Waals surface area (Å²) < 4.78 is 12.6. The van der Waals surface area contributed by atoms with E-state index >= 15 is 0 Å². The highest BCUT2D eigenvalue weighted by atomic mass is 32.2. The lowest BCUT2D eigenvalue weighted by atomic mass is 10.1. The molecule has 2 aromatic rings. The van der Waals surface area contributed by atoms with Crippen molar-refractivity contribution < 1.29 is 14.3 Å². The van der Waals surface area contributed by atoms with Gasteiger partial charge < -0.3 is 14.8 Å². The average Bonchev–Trinajstić information content (AvgIpc) is 3.16. The van der Waals surface area contributed by atoms with Gasteiger partial charge in [0.25, 0.3) is 5.56 Å². The summed E-state index contributed by atoms with van der Waals surface area (Å²) in [6.45, 7) is 4.34. The molecule has 0 saturated heterocycles. The second-order valence-electron chi connectivity index (χ2n) is 6.56. The van der Waals surface area contributed by atoms with Gasteiger partial charge in [-0.25, -0.2) is 0 Å². The molecule has 0 bridgehead atoms. The minimum Gasteiger partial charge on any atom is -0.454 e. The molecule has 0 radical (unpaired) electrons. The highest BCUT2D eigenvalue weighted by molar-refractivity contribution is 8.00. The van der Waals surface area contributed by atoms with Crippen LogP contribution in [0.15, 0.2) is 23.0 Å². The zero-order valence-corrected chi connectivity index (χ0v) is 15.5. The van der Waals surface area contributed by atoms with Gasteiger partial charge in [0.2, 0.25) is 12.7 Å². The van der Waals surface area contributed by atoms with Crippen LogP contribution in [0.25, 0.3) is 0 Å². The van der Waals surface area contributed by atoms with Crippen molar-refractivity contribution in [3.63, 3.8) is 0 Å². The first kappa shape index (κ1) is 17.1. The fourth-order valence-corrected chi connectivity index (χ4v) is 4.58. The van der Waals surface area contributed by atoms with Crippen LogP contribution >= 0.6 is 11.8 Å². The summed E-state index contributed by atoms with van der Waals surface area (Å²) in [5.74, 6) is 2.13. The molecule has 1 amide bonds. The van der Waals surface area contributed by atoms with Gasteiger partial charge in [-0.05, 0) is 31.0 Å². The highest BCUT2D eigenvalue weighted by Gasteiger charge is 2.32. The summed E-state index contributed by atoms with van der Waals surface area (Å²) in [7, 11) is 0. The number of hydrogen-bond donors (Lipinski definition) is 2. The number of nitrogens with one attached hydrogen (secondary N) is 2. The van der Waals surface area contributed by atoms with Crippen LogP contribution in [0.5, 0.6) is 11.5 Å². The van der Waals surface area contributed by atoms with E-state index in [9.17, 15) is 9.59 Å². The number of nitrogens with zero attached hydrogens (tertiary/aromatic N) is 1. The maximum Gasteiger partial charge on any atom is 0.270 e. The Balaban J connectivity index is 1.81. The molecular weight excluding hydrogens is 354 g/mol. The Morgan fingerprint density at radius 1 is 1.31 bits per heavy atom. The normalized spacial score (nSPS) is 19.6. The number of hydrogen-bond acceptors (Lipinski definition) is 5. The molecular formula is C18H21N3O4S. The molecule has 2 atom stereocenters. The van der Waals surface area contributed by atoms with Gasteiger partial charge in [0, 0.05) is 6.04 Å². The SMILES string of the molecule is CCC[C@@H](C)n1[nH]c(=O)c2c1NC(=O)CS[C@H]2c1ccc2c(c1)OCO2. The van der Waals surface area contributed by atoms with E-state index in [0.717, 1.165) is 18.4 Å². The summed E-state index contributed by atoms with van der Waals surface area (Å²) in [4.78, 5) is 25.0. The van der Waals surface area contributed by atoms with Gasteiger partial charge in [0.15, 0.2) is 11.5 Å². The van der Waals surface area contributed by atoms with Gasteiger partial charge in [-0.15, -0.1) is 11.8 Å². The fraction of sp³-hybridized carbons (Fsp3) is 0.444. The summed E-state index contributed by atoms with van der Waals surface area (Å²) in [6, 6.07) is 5.77. The lowest BCUT2D eigenvalue weighted by Gasteiger charge is -2.17. The zero-order valence-electron chi connectivity index (χ0n) is 14.7. The zero-order chi connectivity index (χ0) is 18.3. The van der Waals surface area contributed by atoms with Crippen LogP contribution in [0.3, 0.4) is 0 Å². The topological polar surface area (TPSA) is 85.4 Å². The first-order valence-electron chi connectivity index (χ1n) is 8.74. The Kier molecular flexibility index (Phi) is 4.44. The molecule has 26 heavy (non-hydrogen) atoms. The van der Waals surface area contributed by atoms with Crippen molar-refractivity contribution in [3.05, 3.63) is 39.7 Å². The molecule has 0 saturated carbocycles. The lowest BCUT2D eigenvalue weighted by Crippen LogP contribution is -2.18. The number of fused-ring (bicyclic) bond motifs is 2. The largest absolute Gasteiger partial charge is 0.454 e. The number of aromatic amines is 1. The van der Waals surface area contributed by atoms with Crippen LogP contribution in [0.4, 0.5) is 5.82 Å². The van der Waals surface area contributed by atoms with Crippen molar-refractivity contribution in [2.75, 3.05) is 17.9 Å². The molecule has 0 fully saturated rings. The van der Waals surface area contributed by atoms with Crippen LogP contribution in [0.1, 0.15) is 49.1 Å². The van der Waals surface area contributed by atoms with Crippen molar-refractivity contribution in [1.29, 1.82) is 0 Å². The maximum atomic E-state index is 12.8. The van der Waals surface area contributed by atoms with E-state index in [1.54, 1.807) is 4.68 Å².